The monoisotopic (exact) mass is 290 g/mol. The van der Waals surface area contributed by atoms with E-state index in [2.05, 4.69) is 27.7 Å². The minimum absolute atomic E-state index is 0.217. The van der Waals surface area contributed by atoms with Gasteiger partial charge in [-0.3, -0.25) is 0 Å². The van der Waals surface area contributed by atoms with E-state index in [1.165, 1.54) is 36.0 Å². The SMILES string of the molecule is CC(=CC(C)(O)c1cccs1)C1=C(C)CCCC1(C)C. The molecule has 0 saturated heterocycles. The molecule has 1 nitrogen and oxygen atoms in total. The molecule has 1 unspecified atom stereocenters. The third-order valence-corrected chi connectivity index (χ3v) is 5.47. The molecule has 2 rings (SSSR count). The van der Waals surface area contributed by atoms with Crippen LogP contribution in [0, 0.1) is 5.41 Å². The molecule has 0 bridgehead atoms. The highest BCUT2D eigenvalue weighted by Crippen LogP contribution is 2.44. The summed E-state index contributed by atoms with van der Waals surface area (Å²) in [6.07, 6.45) is 5.72. The number of thiophene rings is 1. The zero-order valence-electron chi connectivity index (χ0n) is 13.3. The number of hydrogen-bond acceptors (Lipinski definition) is 2. The first-order valence-electron chi connectivity index (χ1n) is 7.40. The number of aliphatic hydroxyl groups is 1. The van der Waals surface area contributed by atoms with Crippen LogP contribution in [0.4, 0.5) is 0 Å². The molecule has 1 heterocycles. The van der Waals surface area contributed by atoms with E-state index < -0.39 is 5.60 Å². The molecule has 0 aliphatic heterocycles. The maximum atomic E-state index is 10.7. The molecule has 1 aromatic heterocycles. The van der Waals surface area contributed by atoms with Gasteiger partial charge < -0.3 is 5.11 Å². The average molecular weight is 290 g/mol. The van der Waals surface area contributed by atoms with Crippen molar-refractivity contribution in [2.24, 2.45) is 5.41 Å². The Morgan fingerprint density at radius 2 is 2.15 bits per heavy atom. The summed E-state index contributed by atoms with van der Waals surface area (Å²) in [7, 11) is 0. The molecular weight excluding hydrogens is 264 g/mol. The van der Waals surface area contributed by atoms with Crippen LogP contribution in [0.2, 0.25) is 0 Å². The summed E-state index contributed by atoms with van der Waals surface area (Å²) < 4.78 is 0. The molecule has 110 valence electrons. The van der Waals surface area contributed by atoms with Crippen LogP contribution in [0.3, 0.4) is 0 Å². The lowest BCUT2D eigenvalue weighted by Gasteiger charge is -2.36. The van der Waals surface area contributed by atoms with E-state index in [-0.39, 0.29) is 5.41 Å². The summed E-state index contributed by atoms with van der Waals surface area (Å²) in [4.78, 5) is 1.00. The van der Waals surface area contributed by atoms with E-state index >= 15 is 0 Å². The fourth-order valence-corrected chi connectivity index (χ4v) is 4.38. The summed E-state index contributed by atoms with van der Waals surface area (Å²) in [5.74, 6) is 0. The van der Waals surface area contributed by atoms with E-state index in [9.17, 15) is 5.11 Å². The van der Waals surface area contributed by atoms with Gasteiger partial charge in [0, 0.05) is 4.88 Å². The Bertz CT molecular complexity index is 530. The molecule has 0 amide bonds. The number of allylic oxidation sites excluding steroid dienone is 3. The van der Waals surface area contributed by atoms with Gasteiger partial charge in [0.05, 0.1) is 0 Å². The molecule has 0 saturated carbocycles. The molecule has 1 aromatic rings. The zero-order chi connectivity index (χ0) is 15.0. The molecule has 0 aromatic carbocycles. The predicted molar refractivity (Wildman–Crippen MR) is 88.0 cm³/mol. The average Bonchev–Trinajstić information content (AvgIpc) is 2.80. The first kappa shape index (κ1) is 15.5. The minimum Gasteiger partial charge on any atom is -0.380 e. The summed E-state index contributed by atoms with van der Waals surface area (Å²) in [5, 5.41) is 12.8. The van der Waals surface area contributed by atoms with Gasteiger partial charge in [0.1, 0.15) is 5.60 Å². The Balaban J connectivity index is 2.40. The normalized spacial score (nSPS) is 22.8. The highest BCUT2D eigenvalue weighted by molar-refractivity contribution is 7.10. The third-order valence-electron chi connectivity index (χ3n) is 4.37. The highest BCUT2D eigenvalue weighted by atomic mass is 32.1. The van der Waals surface area contributed by atoms with Crippen LogP contribution in [0.25, 0.3) is 0 Å². The van der Waals surface area contributed by atoms with Gasteiger partial charge in [0.15, 0.2) is 0 Å². The summed E-state index contributed by atoms with van der Waals surface area (Å²) in [6, 6.07) is 3.99. The maximum Gasteiger partial charge on any atom is 0.115 e. The first-order chi connectivity index (χ1) is 9.24. The topological polar surface area (TPSA) is 20.2 Å². The Labute approximate surface area is 127 Å². The van der Waals surface area contributed by atoms with Gasteiger partial charge in [0.25, 0.3) is 0 Å². The van der Waals surface area contributed by atoms with E-state index in [0.717, 1.165) is 4.88 Å². The number of hydrogen-bond donors (Lipinski definition) is 1. The first-order valence-corrected chi connectivity index (χ1v) is 8.28. The van der Waals surface area contributed by atoms with Crippen molar-refractivity contribution in [1.82, 2.24) is 0 Å². The van der Waals surface area contributed by atoms with Crippen LogP contribution < -0.4 is 0 Å². The van der Waals surface area contributed by atoms with Gasteiger partial charge in [-0.05, 0) is 74.1 Å². The summed E-state index contributed by atoms with van der Waals surface area (Å²) in [5.41, 5.74) is 3.50. The Morgan fingerprint density at radius 1 is 1.45 bits per heavy atom. The fourth-order valence-electron chi connectivity index (χ4n) is 3.62. The molecule has 20 heavy (non-hydrogen) atoms. The van der Waals surface area contributed by atoms with Crippen molar-refractivity contribution in [2.45, 2.75) is 59.5 Å². The lowest BCUT2D eigenvalue weighted by molar-refractivity contribution is 0.114. The van der Waals surface area contributed by atoms with E-state index in [4.69, 9.17) is 0 Å². The molecule has 1 aliphatic carbocycles. The predicted octanol–water partition coefficient (Wildman–Crippen LogP) is 5.43. The molecule has 0 radical (unpaired) electrons. The van der Waals surface area contributed by atoms with Crippen molar-refractivity contribution in [2.75, 3.05) is 0 Å². The third kappa shape index (κ3) is 3.07. The fraction of sp³-hybridized carbons (Fsp3) is 0.556. The van der Waals surface area contributed by atoms with Gasteiger partial charge in [0.2, 0.25) is 0 Å². The molecule has 1 aliphatic rings. The van der Waals surface area contributed by atoms with Crippen LogP contribution in [0.15, 0.2) is 40.3 Å². The molecule has 0 fully saturated rings. The second-order valence-electron chi connectivity index (χ2n) is 6.84. The number of rotatable bonds is 3. The Morgan fingerprint density at radius 3 is 2.70 bits per heavy atom. The quantitative estimate of drug-likeness (QED) is 0.787. The van der Waals surface area contributed by atoms with Crippen LogP contribution in [0.5, 0.6) is 0 Å². The van der Waals surface area contributed by atoms with Gasteiger partial charge in [-0.1, -0.05) is 25.5 Å². The maximum absolute atomic E-state index is 10.7. The lowest BCUT2D eigenvalue weighted by atomic mass is 9.70. The molecule has 1 atom stereocenters. The molecule has 2 heteroatoms. The zero-order valence-corrected chi connectivity index (χ0v) is 14.1. The second kappa shape index (κ2) is 5.50. The lowest BCUT2D eigenvalue weighted by Crippen LogP contribution is -2.23. The Hall–Kier alpha value is -0.860. The highest BCUT2D eigenvalue weighted by Gasteiger charge is 2.31. The van der Waals surface area contributed by atoms with Crippen molar-refractivity contribution in [3.63, 3.8) is 0 Å². The standard InChI is InChI=1S/C18H26OS/c1-13-8-6-10-17(3,4)16(13)14(2)12-18(5,19)15-9-7-11-20-15/h7,9,11-12,19H,6,8,10H2,1-5H3. The van der Waals surface area contributed by atoms with Crippen LogP contribution in [-0.2, 0) is 5.60 Å². The smallest absolute Gasteiger partial charge is 0.115 e. The summed E-state index contributed by atoms with van der Waals surface area (Å²) in [6.45, 7) is 10.9. The van der Waals surface area contributed by atoms with E-state index in [1.54, 1.807) is 11.3 Å². The van der Waals surface area contributed by atoms with E-state index in [0.29, 0.717) is 0 Å². The molecule has 0 spiro atoms. The van der Waals surface area contributed by atoms with Crippen molar-refractivity contribution in [3.8, 4) is 0 Å². The summed E-state index contributed by atoms with van der Waals surface area (Å²) >= 11 is 1.61. The van der Waals surface area contributed by atoms with Crippen LogP contribution >= 0.6 is 11.3 Å². The van der Waals surface area contributed by atoms with Crippen LogP contribution in [0.1, 0.15) is 58.8 Å². The van der Waals surface area contributed by atoms with Gasteiger partial charge in [-0.2, -0.15) is 0 Å². The van der Waals surface area contributed by atoms with Gasteiger partial charge >= 0.3 is 0 Å². The van der Waals surface area contributed by atoms with Crippen molar-refractivity contribution >= 4 is 11.3 Å². The largest absolute Gasteiger partial charge is 0.380 e. The Kier molecular flexibility index (Phi) is 4.27. The molecule has 1 N–H and O–H groups in total. The van der Waals surface area contributed by atoms with Crippen molar-refractivity contribution in [1.29, 1.82) is 0 Å². The van der Waals surface area contributed by atoms with Crippen molar-refractivity contribution in [3.05, 3.63) is 45.2 Å². The van der Waals surface area contributed by atoms with Crippen LogP contribution in [-0.4, -0.2) is 5.11 Å². The van der Waals surface area contributed by atoms with Gasteiger partial charge in [-0.15, -0.1) is 11.3 Å². The molecular formula is C18H26OS. The van der Waals surface area contributed by atoms with Gasteiger partial charge in [-0.25, -0.2) is 0 Å². The van der Waals surface area contributed by atoms with E-state index in [1.807, 2.05) is 30.5 Å². The second-order valence-corrected chi connectivity index (χ2v) is 7.79. The van der Waals surface area contributed by atoms with Crippen molar-refractivity contribution < 1.29 is 5.11 Å². The minimum atomic E-state index is -0.876.